The molecule has 5 amide bonds. The Morgan fingerprint density at radius 3 is 2.47 bits per heavy atom. The highest BCUT2D eigenvalue weighted by atomic mass is 32.2. The Bertz CT molecular complexity index is 1540. The van der Waals surface area contributed by atoms with E-state index in [-0.39, 0.29) is 38.1 Å². The number of hydrogen-bond donors (Lipinski definition) is 2. The van der Waals surface area contributed by atoms with Gasteiger partial charge in [0, 0.05) is 49.9 Å². The number of urea groups is 1. The zero-order chi connectivity index (χ0) is 30.9. The molecule has 3 aliphatic rings. The molecule has 1 spiro atoms. The highest BCUT2D eigenvalue weighted by Crippen LogP contribution is 2.46. The Kier molecular flexibility index (Phi) is 8.43. The van der Waals surface area contributed by atoms with Crippen LogP contribution in [0.25, 0.3) is 0 Å². The molecule has 2 aliphatic heterocycles. The van der Waals surface area contributed by atoms with Crippen molar-refractivity contribution in [2.24, 2.45) is 0 Å². The third-order valence-electron chi connectivity index (χ3n) is 8.17. The van der Waals surface area contributed by atoms with Gasteiger partial charge in [-0.3, -0.25) is 9.59 Å². The van der Waals surface area contributed by atoms with Gasteiger partial charge in [-0.15, -0.1) is 0 Å². The zero-order valence-corrected chi connectivity index (χ0v) is 24.8. The Hall–Kier alpha value is -4.04. The highest BCUT2D eigenvalue weighted by Gasteiger charge is 2.58. The van der Waals surface area contributed by atoms with Crippen molar-refractivity contribution in [1.29, 1.82) is 0 Å². The van der Waals surface area contributed by atoms with E-state index in [1.54, 1.807) is 37.3 Å². The molecule has 2 N–H and O–H groups in total. The number of nitrogens with one attached hydrogen (secondary N) is 2. The fourth-order valence-electron chi connectivity index (χ4n) is 5.99. The number of piperidine rings is 1. The van der Waals surface area contributed by atoms with E-state index in [9.17, 15) is 32.0 Å². The lowest BCUT2D eigenvalue weighted by Gasteiger charge is -2.38. The lowest BCUT2D eigenvalue weighted by molar-refractivity contribution is -0.143. The zero-order valence-electron chi connectivity index (χ0n) is 24.0. The van der Waals surface area contributed by atoms with Crippen LogP contribution in [0.1, 0.15) is 42.9 Å². The van der Waals surface area contributed by atoms with Crippen molar-refractivity contribution < 1.29 is 36.7 Å². The second kappa shape index (κ2) is 11.9. The van der Waals surface area contributed by atoms with Crippen LogP contribution in [0.3, 0.4) is 0 Å². The number of aryl methyl sites for hydroxylation is 1. The largest absolute Gasteiger partial charge is 0.427 e. The average molecular weight is 616 g/mol. The van der Waals surface area contributed by atoms with Crippen LogP contribution in [-0.2, 0) is 42.9 Å². The quantitative estimate of drug-likeness (QED) is 0.464. The molecule has 12 nitrogen and oxygen atoms in total. The predicted molar refractivity (Wildman–Crippen MR) is 154 cm³/mol. The van der Waals surface area contributed by atoms with E-state index in [1.807, 2.05) is 0 Å². The number of sulfonamides is 1. The summed E-state index contributed by atoms with van der Waals surface area (Å²) in [4.78, 5) is 54.8. The number of carbonyl (C=O) groups is 4. The Labute approximate surface area is 249 Å². The summed E-state index contributed by atoms with van der Waals surface area (Å²) in [6, 6.07) is 9.96. The maximum absolute atomic E-state index is 13.8. The predicted octanol–water partition coefficient (Wildman–Crippen LogP) is 2.54. The number of fused-ring (bicyclic) bond motifs is 2. The van der Waals surface area contributed by atoms with Crippen LogP contribution < -0.4 is 10.6 Å². The summed E-state index contributed by atoms with van der Waals surface area (Å²) in [5.74, 6) is -1.57. The van der Waals surface area contributed by atoms with E-state index in [4.69, 9.17) is 4.74 Å². The minimum absolute atomic E-state index is 0.0924. The molecule has 0 aromatic heterocycles. The van der Waals surface area contributed by atoms with Crippen molar-refractivity contribution >= 4 is 39.6 Å². The third kappa shape index (κ3) is 6.20. The van der Waals surface area contributed by atoms with Crippen molar-refractivity contribution in [3.8, 4) is 0 Å². The van der Waals surface area contributed by atoms with Crippen molar-refractivity contribution in [2.45, 2.75) is 50.8 Å². The van der Waals surface area contributed by atoms with Gasteiger partial charge in [-0.2, -0.15) is 0 Å². The van der Waals surface area contributed by atoms with Gasteiger partial charge in [0.15, 0.2) is 0 Å². The Morgan fingerprint density at radius 2 is 1.81 bits per heavy atom. The van der Waals surface area contributed by atoms with E-state index >= 15 is 0 Å². The van der Waals surface area contributed by atoms with Crippen LogP contribution in [0.5, 0.6) is 0 Å². The molecule has 2 heterocycles. The average Bonchev–Trinajstić information content (AvgIpc) is 3.44. The Morgan fingerprint density at radius 1 is 1.12 bits per heavy atom. The lowest BCUT2D eigenvalue weighted by Crippen LogP contribution is -2.51. The SMILES string of the molecule is CCNC(=O)Nc1ccc2c(c1)CC[C@@]21OC(=O)N(CC(=O)N(Cc2ccc(F)cc2)C2CCN(S(C)(=O)=O)CC2)C1=O. The number of imide groups is 1. The first-order valence-electron chi connectivity index (χ1n) is 14.1. The number of carbonyl (C=O) groups excluding carboxylic acids is 4. The molecule has 0 unspecified atom stereocenters. The molecule has 0 saturated carbocycles. The van der Waals surface area contributed by atoms with Crippen LogP contribution in [0.15, 0.2) is 42.5 Å². The number of halogens is 1. The maximum Gasteiger partial charge on any atom is 0.418 e. The van der Waals surface area contributed by atoms with Gasteiger partial charge in [-0.05, 0) is 61.6 Å². The van der Waals surface area contributed by atoms with Crippen LogP contribution in [0.4, 0.5) is 19.7 Å². The van der Waals surface area contributed by atoms with Crippen molar-refractivity contribution in [2.75, 3.05) is 37.8 Å². The first kappa shape index (κ1) is 30.4. The molecular weight excluding hydrogens is 581 g/mol. The molecule has 0 bridgehead atoms. The molecule has 2 fully saturated rings. The summed E-state index contributed by atoms with van der Waals surface area (Å²) in [5, 5.41) is 5.37. The second-order valence-electron chi connectivity index (χ2n) is 11.0. The van der Waals surface area contributed by atoms with E-state index in [1.165, 1.54) is 21.3 Å². The van der Waals surface area contributed by atoms with Crippen molar-refractivity contribution in [3.05, 3.63) is 65.0 Å². The summed E-state index contributed by atoms with van der Waals surface area (Å²) in [5.41, 5.74) is 0.884. The van der Waals surface area contributed by atoms with Gasteiger partial charge >= 0.3 is 12.1 Å². The molecular formula is C29H34FN5O7S. The monoisotopic (exact) mass is 615 g/mol. The normalized spacial score (nSPS) is 20.7. The molecule has 2 saturated heterocycles. The van der Waals surface area contributed by atoms with Gasteiger partial charge in [0.1, 0.15) is 12.4 Å². The summed E-state index contributed by atoms with van der Waals surface area (Å²) in [6.07, 6.45) is 1.56. The van der Waals surface area contributed by atoms with Gasteiger partial charge < -0.3 is 20.3 Å². The van der Waals surface area contributed by atoms with Crippen LogP contribution in [0.2, 0.25) is 0 Å². The molecule has 230 valence electrons. The molecule has 1 aliphatic carbocycles. The van der Waals surface area contributed by atoms with E-state index in [0.717, 1.165) is 16.7 Å². The fraction of sp³-hybridized carbons (Fsp3) is 0.448. The summed E-state index contributed by atoms with van der Waals surface area (Å²) in [7, 11) is -3.39. The van der Waals surface area contributed by atoms with E-state index in [0.29, 0.717) is 42.6 Å². The summed E-state index contributed by atoms with van der Waals surface area (Å²) >= 11 is 0. The number of anilines is 1. The molecule has 14 heteroatoms. The standard InChI is InChI=1S/C29H34FN5O7S/c1-3-31-27(38)32-22-8-9-24-20(16-22)10-13-29(24)26(37)35(28(39)42-29)18-25(36)34(17-19-4-6-21(30)7-5-19)23-11-14-33(15-12-23)43(2,40)41/h4-9,16,23H,3,10-15,17-18H2,1-2H3,(H2,31,32,38)/t29-/m1/s1. The number of ether oxygens (including phenoxy) is 1. The number of hydrogen-bond acceptors (Lipinski definition) is 7. The fourth-order valence-corrected chi connectivity index (χ4v) is 6.86. The number of rotatable bonds is 8. The van der Waals surface area contributed by atoms with Gasteiger partial charge in [0.25, 0.3) is 5.91 Å². The topological polar surface area (TPSA) is 145 Å². The highest BCUT2D eigenvalue weighted by molar-refractivity contribution is 7.88. The summed E-state index contributed by atoms with van der Waals surface area (Å²) in [6.45, 7) is 2.23. The van der Waals surface area contributed by atoms with Gasteiger partial charge in [0.05, 0.1) is 6.26 Å². The van der Waals surface area contributed by atoms with Crippen molar-refractivity contribution in [1.82, 2.24) is 19.4 Å². The lowest BCUT2D eigenvalue weighted by atomic mass is 9.94. The first-order valence-corrected chi connectivity index (χ1v) is 16.0. The maximum atomic E-state index is 13.8. The van der Waals surface area contributed by atoms with Crippen LogP contribution >= 0.6 is 0 Å². The molecule has 2 aromatic carbocycles. The minimum Gasteiger partial charge on any atom is -0.427 e. The molecule has 2 aromatic rings. The van der Waals surface area contributed by atoms with Gasteiger partial charge in [-0.1, -0.05) is 18.2 Å². The minimum atomic E-state index is -3.39. The van der Waals surface area contributed by atoms with E-state index in [2.05, 4.69) is 10.6 Å². The second-order valence-corrected chi connectivity index (χ2v) is 13.0. The van der Waals surface area contributed by atoms with Gasteiger partial charge in [-0.25, -0.2) is 31.6 Å². The van der Waals surface area contributed by atoms with E-state index < -0.39 is 45.9 Å². The molecule has 5 rings (SSSR count). The molecule has 1 atom stereocenters. The first-order chi connectivity index (χ1) is 20.4. The van der Waals surface area contributed by atoms with Crippen molar-refractivity contribution in [3.63, 3.8) is 0 Å². The third-order valence-corrected chi connectivity index (χ3v) is 9.47. The molecule has 0 radical (unpaired) electrons. The van der Waals surface area contributed by atoms with Gasteiger partial charge in [0.2, 0.25) is 21.5 Å². The number of amides is 5. The van der Waals surface area contributed by atoms with Crippen LogP contribution in [-0.4, -0.2) is 84.9 Å². The Balaban J connectivity index is 1.34. The molecule has 43 heavy (non-hydrogen) atoms. The number of benzene rings is 2. The number of nitrogens with zero attached hydrogens (tertiary/aromatic N) is 3. The summed E-state index contributed by atoms with van der Waals surface area (Å²) < 4.78 is 44.6. The van der Waals surface area contributed by atoms with Crippen LogP contribution in [0, 0.1) is 5.82 Å². The smallest absolute Gasteiger partial charge is 0.418 e.